The SMILES string of the molecule is CCC1(Cc2cc3c(-c4ccc(C(C)(C)C)cc4)cccc3[cH-]2)CCCCC1.CCC1(Cc2cc3c(-c4ccc(C(C)(C)C)cc4)cccc3[cH-]2)CCCCC1.C[Si]C.[Cl][Zr+2][Cl]. The fourth-order valence-corrected chi connectivity index (χ4v) is 10.4. The Kier molecular flexibility index (Phi) is 19.1. The topological polar surface area (TPSA) is 0 Å². The summed E-state index contributed by atoms with van der Waals surface area (Å²) in [5, 5.41) is 5.63. The van der Waals surface area contributed by atoms with Gasteiger partial charge >= 0.3 is 37.9 Å². The first-order chi connectivity index (χ1) is 29.6. The minimum atomic E-state index is -0.826. The van der Waals surface area contributed by atoms with Crippen LogP contribution in [0.3, 0.4) is 0 Å². The summed E-state index contributed by atoms with van der Waals surface area (Å²) in [6.45, 7) is 22.8. The van der Waals surface area contributed by atoms with Crippen molar-refractivity contribution < 1.29 is 20.8 Å². The summed E-state index contributed by atoms with van der Waals surface area (Å²) < 4.78 is 0. The summed E-state index contributed by atoms with van der Waals surface area (Å²) in [5.74, 6) is 0. The molecule has 0 saturated heterocycles. The molecule has 0 heterocycles. The van der Waals surface area contributed by atoms with Gasteiger partial charge in [-0.1, -0.05) is 192 Å². The first kappa shape index (κ1) is 50.8. The average molecular weight is 963 g/mol. The van der Waals surface area contributed by atoms with Gasteiger partial charge in [0.2, 0.25) is 0 Å². The quantitative estimate of drug-likeness (QED) is 0.105. The van der Waals surface area contributed by atoms with Gasteiger partial charge in [-0.2, -0.15) is 12.1 Å². The van der Waals surface area contributed by atoms with Gasteiger partial charge in [-0.3, -0.25) is 0 Å². The molecular formula is C58H76Cl2SiZr. The van der Waals surface area contributed by atoms with E-state index in [-0.39, 0.29) is 10.8 Å². The molecule has 6 aromatic carbocycles. The number of hydrogen-bond acceptors (Lipinski definition) is 0. The van der Waals surface area contributed by atoms with Crippen molar-refractivity contribution in [2.75, 3.05) is 0 Å². The van der Waals surface area contributed by atoms with E-state index < -0.39 is 20.8 Å². The van der Waals surface area contributed by atoms with E-state index in [1.165, 1.54) is 156 Å². The van der Waals surface area contributed by atoms with Crippen LogP contribution in [0.2, 0.25) is 13.1 Å². The van der Waals surface area contributed by atoms with Gasteiger partial charge in [-0.15, -0.1) is 69.1 Å². The molecule has 0 spiro atoms. The standard InChI is InChI=1S/2C28H35.C2H6Si.2ClH.Zr/c2*1-5-28(16-7-6-8-17-28)20-21-18-23-10-9-11-25(26(23)19-21)22-12-14-24(15-13-22)27(2,3)4;1-3-2;;;/h2*9-15,18-19H,5-8,16-17,20H2,1-4H3;1-2H3;2*1H;/q2*-1;;;;+4/p-2. The van der Waals surface area contributed by atoms with E-state index >= 15 is 0 Å². The van der Waals surface area contributed by atoms with Gasteiger partial charge in [0.05, 0.1) is 0 Å². The molecule has 0 N–H and O–H groups in total. The Morgan fingerprint density at radius 1 is 0.532 bits per heavy atom. The van der Waals surface area contributed by atoms with E-state index in [0.717, 1.165) is 9.52 Å². The van der Waals surface area contributed by atoms with E-state index in [4.69, 9.17) is 17.0 Å². The molecule has 330 valence electrons. The van der Waals surface area contributed by atoms with Crippen molar-refractivity contribution in [2.24, 2.45) is 10.8 Å². The molecule has 2 radical (unpaired) electrons. The predicted octanol–water partition coefficient (Wildman–Crippen LogP) is 19.0. The molecular weight excluding hydrogens is 887 g/mol. The van der Waals surface area contributed by atoms with Crippen molar-refractivity contribution in [1.82, 2.24) is 0 Å². The monoisotopic (exact) mass is 960 g/mol. The minimum absolute atomic E-state index is 0.201. The van der Waals surface area contributed by atoms with Crippen LogP contribution in [0.4, 0.5) is 0 Å². The first-order valence-corrected chi connectivity index (χ1v) is 32.1. The van der Waals surface area contributed by atoms with E-state index in [2.05, 4.69) is 178 Å². The summed E-state index contributed by atoms with van der Waals surface area (Å²) in [5.41, 5.74) is 12.8. The number of benzene rings is 4. The van der Waals surface area contributed by atoms with Crippen molar-refractivity contribution in [2.45, 2.75) is 169 Å². The van der Waals surface area contributed by atoms with Crippen LogP contribution in [0.25, 0.3) is 43.8 Å². The van der Waals surface area contributed by atoms with Crippen LogP contribution in [-0.2, 0) is 44.5 Å². The molecule has 0 atom stereocenters. The Morgan fingerprint density at radius 3 is 1.15 bits per heavy atom. The normalized spacial score (nSPS) is 15.9. The Morgan fingerprint density at radius 2 is 0.855 bits per heavy atom. The van der Waals surface area contributed by atoms with E-state index in [1.807, 2.05) is 0 Å². The summed E-state index contributed by atoms with van der Waals surface area (Å²) in [6, 6.07) is 41.8. The molecule has 6 aromatic rings. The molecule has 2 saturated carbocycles. The third kappa shape index (κ3) is 13.4. The zero-order valence-electron chi connectivity index (χ0n) is 40.0. The summed E-state index contributed by atoms with van der Waals surface area (Å²) in [7, 11) is 11.0. The van der Waals surface area contributed by atoms with Gasteiger partial charge in [0.15, 0.2) is 0 Å². The molecule has 0 aliphatic heterocycles. The van der Waals surface area contributed by atoms with Crippen LogP contribution in [0, 0.1) is 10.8 Å². The van der Waals surface area contributed by atoms with Crippen LogP contribution in [0.1, 0.15) is 155 Å². The second-order valence-electron chi connectivity index (χ2n) is 20.8. The predicted molar refractivity (Wildman–Crippen MR) is 276 cm³/mol. The van der Waals surface area contributed by atoms with Crippen molar-refractivity contribution in [3.8, 4) is 22.3 Å². The third-order valence-corrected chi connectivity index (χ3v) is 14.2. The summed E-state index contributed by atoms with van der Waals surface area (Å²) in [6.07, 6.45) is 19.3. The maximum absolute atomic E-state index is 4.93. The molecule has 2 aliphatic carbocycles. The molecule has 4 heteroatoms. The number of rotatable bonds is 8. The second-order valence-corrected chi connectivity index (χ2v) is 25.5. The zero-order chi connectivity index (χ0) is 45.0. The maximum atomic E-state index is 4.93. The molecule has 2 fully saturated rings. The van der Waals surface area contributed by atoms with Gasteiger partial charge in [0.1, 0.15) is 0 Å². The second kappa shape index (κ2) is 23.3. The molecule has 62 heavy (non-hydrogen) atoms. The fraction of sp³-hybridized carbons (Fsp3) is 0.483. The molecule has 8 rings (SSSR count). The molecule has 0 nitrogen and oxygen atoms in total. The molecule has 0 aromatic heterocycles. The Balaban J connectivity index is 0.000000208. The van der Waals surface area contributed by atoms with Gasteiger partial charge in [0, 0.05) is 9.52 Å². The molecule has 0 amide bonds. The van der Waals surface area contributed by atoms with Crippen LogP contribution < -0.4 is 0 Å². The number of fused-ring (bicyclic) bond motifs is 2. The Labute approximate surface area is 399 Å². The van der Waals surface area contributed by atoms with Gasteiger partial charge in [-0.05, 0) is 82.4 Å². The molecule has 0 bridgehead atoms. The third-order valence-electron chi connectivity index (χ3n) is 14.2. The van der Waals surface area contributed by atoms with E-state index in [9.17, 15) is 0 Å². The van der Waals surface area contributed by atoms with Crippen LogP contribution in [0.5, 0.6) is 0 Å². The van der Waals surface area contributed by atoms with Crippen LogP contribution >= 0.6 is 17.0 Å². The first-order valence-electron chi connectivity index (χ1n) is 23.8. The Bertz CT molecular complexity index is 2070. The summed E-state index contributed by atoms with van der Waals surface area (Å²) in [4.78, 5) is 0. The molecule has 2 aliphatic rings. The van der Waals surface area contributed by atoms with E-state index in [0.29, 0.717) is 10.8 Å². The zero-order valence-corrected chi connectivity index (χ0v) is 45.0. The molecule has 0 unspecified atom stereocenters. The van der Waals surface area contributed by atoms with Gasteiger partial charge < -0.3 is 0 Å². The number of halogens is 2. The van der Waals surface area contributed by atoms with Crippen molar-refractivity contribution in [3.63, 3.8) is 0 Å². The van der Waals surface area contributed by atoms with Crippen molar-refractivity contribution in [3.05, 3.63) is 131 Å². The van der Waals surface area contributed by atoms with Crippen LogP contribution in [0.15, 0.2) is 109 Å². The average Bonchev–Trinajstić information content (AvgIpc) is 3.87. The van der Waals surface area contributed by atoms with Crippen molar-refractivity contribution >= 4 is 48.1 Å². The number of hydrogen-bond donors (Lipinski definition) is 0. The Hall–Kier alpha value is -2.22. The van der Waals surface area contributed by atoms with E-state index in [1.54, 1.807) is 0 Å². The fourth-order valence-electron chi connectivity index (χ4n) is 10.4. The van der Waals surface area contributed by atoms with Gasteiger partial charge in [-0.25, -0.2) is 0 Å². The van der Waals surface area contributed by atoms with Crippen molar-refractivity contribution in [1.29, 1.82) is 0 Å². The summed E-state index contributed by atoms with van der Waals surface area (Å²) >= 11 is -0.826. The van der Waals surface area contributed by atoms with Crippen LogP contribution in [-0.4, -0.2) is 9.52 Å². The van der Waals surface area contributed by atoms with Gasteiger partial charge in [0.25, 0.3) is 0 Å².